The number of nitrogens with one attached hydrogen (secondary N) is 1. The molecule has 1 N–H and O–H groups in total. The van der Waals surface area contributed by atoms with Crippen molar-refractivity contribution in [2.75, 3.05) is 7.05 Å². The minimum atomic E-state index is 0.308. The highest BCUT2D eigenvalue weighted by Gasteiger charge is 2.17. The second-order valence-electron chi connectivity index (χ2n) is 5.69. The third-order valence-electron chi connectivity index (χ3n) is 3.50. The number of rotatable bonds is 6. The van der Waals surface area contributed by atoms with E-state index in [-0.39, 0.29) is 0 Å². The first-order chi connectivity index (χ1) is 9.51. The van der Waals surface area contributed by atoms with Gasteiger partial charge in [-0.2, -0.15) is 5.10 Å². The van der Waals surface area contributed by atoms with Gasteiger partial charge in [-0.3, -0.25) is 0 Å². The van der Waals surface area contributed by atoms with E-state index in [1.54, 1.807) is 6.33 Å². The van der Waals surface area contributed by atoms with Crippen molar-refractivity contribution < 1.29 is 0 Å². The van der Waals surface area contributed by atoms with Gasteiger partial charge in [0, 0.05) is 28.8 Å². The van der Waals surface area contributed by atoms with Crippen LogP contribution in [0.15, 0.2) is 12.4 Å². The number of thiophene rings is 1. The fourth-order valence-corrected chi connectivity index (χ4v) is 3.40. The molecule has 2 heterocycles. The molecule has 0 aliphatic heterocycles. The summed E-state index contributed by atoms with van der Waals surface area (Å²) in [6, 6.07) is 2.59. The van der Waals surface area contributed by atoms with Crippen molar-refractivity contribution in [2.24, 2.45) is 5.92 Å². The van der Waals surface area contributed by atoms with E-state index in [0.29, 0.717) is 12.0 Å². The molecule has 0 fully saturated rings. The van der Waals surface area contributed by atoms with E-state index in [1.165, 1.54) is 15.3 Å². The molecule has 0 saturated heterocycles. The van der Waals surface area contributed by atoms with Crippen molar-refractivity contribution in [1.29, 1.82) is 0 Å². The van der Waals surface area contributed by atoms with E-state index < -0.39 is 0 Å². The van der Waals surface area contributed by atoms with Crippen LogP contribution < -0.4 is 5.32 Å². The van der Waals surface area contributed by atoms with Crippen molar-refractivity contribution in [2.45, 2.75) is 46.7 Å². The van der Waals surface area contributed by atoms with Crippen LogP contribution in [-0.2, 0) is 13.0 Å². The third kappa shape index (κ3) is 3.46. The Bertz CT molecular complexity index is 536. The minimum absolute atomic E-state index is 0.308. The molecule has 1 unspecified atom stereocenters. The standard InChI is InChI=1S/C15H24N4S/c1-10(2)8-19-15(17-9-18-19)7-13(16-5)14-6-11(3)12(4)20-14/h6,9-10,13,16H,7-8H2,1-5H3. The van der Waals surface area contributed by atoms with Crippen LogP contribution in [0.3, 0.4) is 0 Å². The number of nitrogens with zero attached hydrogens (tertiary/aromatic N) is 3. The number of hydrogen-bond donors (Lipinski definition) is 1. The van der Waals surface area contributed by atoms with Crippen LogP contribution in [0.1, 0.15) is 41.0 Å². The SMILES string of the molecule is CNC(Cc1ncnn1CC(C)C)c1cc(C)c(C)s1. The third-order valence-corrected chi connectivity index (χ3v) is 4.76. The van der Waals surface area contributed by atoms with Gasteiger partial charge in [-0.25, -0.2) is 9.67 Å². The van der Waals surface area contributed by atoms with Gasteiger partial charge in [0.2, 0.25) is 0 Å². The van der Waals surface area contributed by atoms with E-state index in [4.69, 9.17) is 0 Å². The number of hydrogen-bond acceptors (Lipinski definition) is 4. The molecule has 5 heteroatoms. The second kappa shape index (κ2) is 6.50. The molecule has 4 nitrogen and oxygen atoms in total. The summed E-state index contributed by atoms with van der Waals surface area (Å²) in [5.74, 6) is 1.64. The highest BCUT2D eigenvalue weighted by molar-refractivity contribution is 7.12. The molecule has 0 bridgehead atoms. The lowest BCUT2D eigenvalue weighted by atomic mass is 10.1. The zero-order valence-electron chi connectivity index (χ0n) is 13.0. The first kappa shape index (κ1) is 15.2. The second-order valence-corrected chi connectivity index (χ2v) is 6.97. The number of aryl methyl sites for hydroxylation is 2. The van der Waals surface area contributed by atoms with Crippen molar-refractivity contribution in [3.8, 4) is 0 Å². The molecule has 0 amide bonds. The minimum Gasteiger partial charge on any atom is -0.312 e. The summed E-state index contributed by atoms with van der Waals surface area (Å²) < 4.78 is 2.03. The maximum absolute atomic E-state index is 4.43. The summed E-state index contributed by atoms with van der Waals surface area (Å²) in [7, 11) is 2.01. The van der Waals surface area contributed by atoms with Crippen LogP contribution in [0.25, 0.3) is 0 Å². The van der Waals surface area contributed by atoms with Gasteiger partial charge in [-0.15, -0.1) is 11.3 Å². The maximum Gasteiger partial charge on any atom is 0.138 e. The Kier molecular flexibility index (Phi) is 4.94. The van der Waals surface area contributed by atoms with Gasteiger partial charge in [0.05, 0.1) is 0 Å². The summed E-state index contributed by atoms with van der Waals surface area (Å²) in [5.41, 5.74) is 1.37. The van der Waals surface area contributed by atoms with Crippen LogP contribution >= 0.6 is 11.3 Å². The van der Waals surface area contributed by atoms with Crippen LogP contribution in [0.2, 0.25) is 0 Å². The summed E-state index contributed by atoms with van der Waals surface area (Å²) in [5, 5.41) is 7.75. The molecule has 20 heavy (non-hydrogen) atoms. The van der Waals surface area contributed by atoms with E-state index in [9.17, 15) is 0 Å². The smallest absolute Gasteiger partial charge is 0.138 e. The van der Waals surface area contributed by atoms with Crippen molar-refractivity contribution in [1.82, 2.24) is 20.1 Å². The number of likely N-dealkylation sites (N-methyl/N-ethyl adjacent to an activating group) is 1. The molecule has 0 aliphatic carbocycles. The lowest BCUT2D eigenvalue weighted by molar-refractivity contribution is 0.452. The predicted octanol–water partition coefficient (Wildman–Crippen LogP) is 3.12. The van der Waals surface area contributed by atoms with Crippen molar-refractivity contribution in [3.05, 3.63) is 33.5 Å². The first-order valence-corrected chi connectivity index (χ1v) is 7.93. The lowest BCUT2D eigenvalue weighted by Crippen LogP contribution is -2.21. The van der Waals surface area contributed by atoms with Crippen molar-refractivity contribution in [3.63, 3.8) is 0 Å². The molecule has 0 radical (unpaired) electrons. The largest absolute Gasteiger partial charge is 0.312 e. The normalized spacial score (nSPS) is 13.1. The highest BCUT2D eigenvalue weighted by atomic mass is 32.1. The van der Waals surface area contributed by atoms with Gasteiger partial charge in [0.15, 0.2) is 0 Å². The lowest BCUT2D eigenvalue weighted by Gasteiger charge is -2.15. The van der Waals surface area contributed by atoms with Gasteiger partial charge in [-0.1, -0.05) is 13.8 Å². The molecule has 1 atom stereocenters. The quantitative estimate of drug-likeness (QED) is 0.889. The summed E-state index contributed by atoms with van der Waals surface area (Å²) in [6.07, 6.45) is 2.54. The fourth-order valence-electron chi connectivity index (χ4n) is 2.25. The van der Waals surface area contributed by atoms with Gasteiger partial charge < -0.3 is 5.32 Å². The molecule has 0 spiro atoms. The molecule has 0 aliphatic rings. The van der Waals surface area contributed by atoms with Gasteiger partial charge in [-0.05, 0) is 38.4 Å². The van der Waals surface area contributed by atoms with E-state index >= 15 is 0 Å². The molecule has 2 aromatic rings. The summed E-state index contributed by atoms with van der Waals surface area (Å²) in [6.45, 7) is 9.68. The van der Waals surface area contributed by atoms with E-state index in [1.807, 2.05) is 23.1 Å². The van der Waals surface area contributed by atoms with Crippen molar-refractivity contribution >= 4 is 11.3 Å². The Morgan fingerprint density at radius 2 is 2.10 bits per heavy atom. The van der Waals surface area contributed by atoms with Gasteiger partial charge in [0.1, 0.15) is 12.2 Å². The summed E-state index contributed by atoms with van der Waals surface area (Å²) >= 11 is 1.87. The maximum atomic E-state index is 4.43. The van der Waals surface area contributed by atoms with Crippen LogP contribution in [0.4, 0.5) is 0 Å². The van der Waals surface area contributed by atoms with Crippen LogP contribution in [0, 0.1) is 19.8 Å². The average molecular weight is 292 g/mol. The van der Waals surface area contributed by atoms with Gasteiger partial charge >= 0.3 is 0 Å². The van der Waals surface area contributed by atoms with E-state index in [2.05, 4.69) is 49.2 Å². The molecule has 2 aromatic heterocycles. The molecular weight excluding hydrogens is 268 g/mol. The number of aromatic nitrogens is 3. The Labute approximate surface area is 125 Å². The molecule has 0 aromatic carbocycles. The Hall–Kier alpha value is -1.20. The van der Waals surface area contributed by atoms with Crippen LogP contribution in [-0.4, -0.2) is 21.8 Å². The van der Waals surface area contributed by atoms with Crippen LogP contribution in [0.5, 0.6) is 0 Å². The fraction of sp³-hybridized carbons (Fsp3) is 0.600. The topological polar surface area (TPSA) is 42.7 Å². The Balaban J connectivity index is 2.16. The molecular formula is C15H24N4S. The molecule has 110 valence electrons. The zero-order chi connectivity index (χ0) is 14.7. The van der Waals surface area contributed by atoms with E-state index in [0.717, 1.165) is 18.8 Å². The highest BCUT2D eigenvalue weighted by Crippen LogP contribution is 2.28. The predicted molar refractivity (Wildman–Crippen MR) is 84.2 cm³/mol. The Morgan fingerprint density at radius 1 is 1.35 bits per heavy atom. The summed E-state index contributed by atoms with van der Waals surface area (Å²) in [4.78, 5) is 7.20. The molecule has 0 saturated carbocycles. The molecule has 2 rings (SSSR count). The Morgan fingerprint density at radius 3 is 2.65 bits per heavy atom. The zero-order valence-corrected chi connectivity index (χ0v) is 13.8. The van der Waals surface area contributed by atoms with Gasteiger partial charge in [0.25, 0.3) is 0 Å². The monoisotopic (exact) mass is 292 g/mol. The average Bonchev–Trinajstić information content (AvgIpc) is 2.94. The first-order valence-electron chi connectivity index (χ1n) is 7.12.